The van der Waals surface area contributed by atoms with E-state index in [1.165, 1.54) is 0 Å². The van der Waals surface area contributed by atoms with Crippen LogP contribution in [-0.2, 0) is 4.74 Å². The molecule has 0 aliphatic rings. The van der Waals surface area contributed by atoms with Gasteiger partial charge in [0.2, 0.25) is 0 Å². The first-order valence-corrected chi connectivity index (χ1v) is 4.88. The van der Waals surface area contributed by atoms with E-state index in [9.17, 15) is 5.11 Å². The Morgan fingerprint density at radius 1 is 1.50 bits per heavy atom. The van der Waals surface area contributed by atoms with E-state index in [0.717, 1.165) is 12.2 Å². The first-order chi connectivity index (χ1) is 6.65. The second-order valence-corrected chi connectivity index (χ2v) is 3.65. The molecule has 0 saturated heterocycles. The maximum absolute atomic E-state index is 9.88. The molecular formula is C11H18O3. The van der Waals surface area contributed by atoms with E-state index in [-0.39, 0.29) is 5.92 Å². The standard InChI is InChI=1S/C11H18O3/c1-8(6-7-13-3)11(12)10-5-4-9(2)14-10/h4-5,8,11-12H,6-7H2,1-3H3. The molecule has 1 N–H and O–H groups in total. The highest BCUT2D eigenvalue weighted by Gasteiger charge is 2.18. The van der Waals surface area contributed by atoms with Crippen molar-refractivity contribution in [2.75, 3.05) is 13.7 Å². The van der Waals surface area contributed by atoms with Crippen molar-refractivity contribution in [1.82, 2.24) is 0 Å². The lowest BCUT2D eigenvalue weighted by Gasteiger charge is -2.16. The normalized spacial score (nSPS) is 15.4. The van der Waals surface area contributed by atoms with Gasteiger partial charge in [-0.25, -0.2) is 0 Å². The van der Waals surface area contributed by atoms with Gasteiger partial charge >= 0.3 is 0 Å². The molecule has 0 aliphatic carbocycles. The van der Waals surface area contributed by atoms with Crippen LogP contribution < -0.4 is 0 Å². The van der Waals surface area contributed by atoms with E-state index < -0.39 is 6.10 Å². The van der Waals surface area contributed by atoms with Crippen molar-refractivity contribution in [1.29, 1.82) is 0 Å². The highest BCUT2D eigenvalue weighted by Crippen LogP contribution is 2.25. The van der Waals surface area contributed by atoms with Crippen molar-refractivity contribution in [3.05, 3.63) is 23.7 Å². The molecular weight excluding hydrogens is 180 g/mol. The Balaban J connectivity index is 2.51. The Bertz CT molecular complexity index is 267. The molecule has 3 heteroatoms. The first-order valence-electron chi connectivity index (χ1n) is 4.88. The van der Waals surface area contributed by atoms with Crippen LogP contribution in [0.25, 0.3) is 0 Å². The van der Waals surface area contributed by atoms with Crippen molar-refractivity contribution in [3.8, 4) is 0 Å². The molecule has 0 saturated carbocycles. The van der Waals surface area contributed by atoms with Gasteiger partial charge in [0.15, 0.2) is 0 Å². The molecule has 1 heterocycles. The summed E-state index contributed by atoms with van der Waals surface area (Å²) in [5.41, 5.74) is 0. The van der Waals surface area contributed by atoms with Crippen LogP contribution in [0.2, 0.25) is 0 Å². The van der Waals surface area contributed by atoms with E-state index in [1.54, 1.807) is 7.11 Å². The van der Waals surface area contributed by atoms with Gasteiger partial charge in [-0.15, -0.1) is 0 Å². The Morgan fingerprint density at radius 3 is 2.71 bits per heavy atom. The summed E-state index contributed by atoms with van der Waals surface area (Å²) in [6.07, 6.45) is 0.302. The molecule has 0 radical (unpaired) electrons. The molecule has 0 aromatic carbocycles. The zero-order valence-corrected chi connectivity index (χ0v) is 8.99. The van der Waals surface area contributed by atoms with E-state index in [4.69, 9.17) is 9.15 Å². The molecule has 80 valence electrons. The van der Waals surface area contributed by atoms with E-state index in [2.05, 4.69) is 0 Å². The van der Waals surface area contributed by atoms with Crippen molar-refractivity contribution < 1.29 is 14.3 Å². The van der Waals surface area contributed by atoms with Crippen LogP contribution in [0.3, 0.4) is 0 Å². The Kier molecular flexibility index (Phi) is 4.17. The second-order valence-electron chi connectivity index (χ2n) is 3.65. The Morgan fingerprint density at radius 2 is 2.21 bits per heavy atom. The minimum absolute atomic E-state index is 0.153. The van der Waals surface area contributed by atoms with Crippen LogP contribution in [0, 0.1) is 12.8 Å². The van der Waals surface area contributed by atoms with Crippen molar-refractivity contribution in [3.63, 3.8) is 0 Å². The molecule has 3 nitrogen and oxygen atoms in total. The number of rotatable bonds is 5. The zero-order valence-electron chi connectivity index (χ0n) is 8.99. The quantitative estimate of drug-likeness (QED) is 0.789. The minimum atomic E-state index is -0.529. The van der Waals surface area contributed by atoms with Crippen molar-refractivity contribution >= 4 is 0 Å². The molecule has 0 spiro atoms. The van der Waals surface area contributed by atoms with Crippen LogP contribution >= 0.6 is 0 Å². The summed E-state index contributed by atoms with van der Waals surface area (Å²) in [5, 5.41) is 9.88. The highest BCUT2D eigenvalue weighted by atomic mass is 16.5. The molecule has 14 heavy (non-hydrogen) atoms. The topological polar surface area (TPSA) is 42.6 Å². The lowest BCUT2D eigenvalue weighted by atomic mass is 10.00. The number of aliphatic hydroxyl groups is 1. The van der Waals surface area contributed by atoms with Gasteiger partial charge in [0, 0.05) is 13.7 Å². The van der Waals surface area contributed by atoms with Gasteiger partial charge in [-0.1, -0.05) is 6.92 Å². The van der Waals surface area contributed by atoms with Gasteiger partial charge < -0.3 is 14.3 Å². The second kappa shape index (κ2) is 5.17. The predicted molar refractivity (Wildman–Crippen MR) is 54.1 cm³/mol. The number of hydrogen-bond donors (Lipinski definition) is 1. The fourth-order valence-corrected chi connectivity index (χ4v) is 1.35. The summed E-state index contributed by atoms with van der Waals surface area (Å²) < 4.78 is 10.3. The molecule has 1 rings (SSSR count). The maximum atomic E-state index is 9.88. The van der Waals surface area contributed by atoms with Crippen LogP contribution in [0.15, 0.2) is 16.5 Å². The summed E-state index contributed by atoms with van der Waals surface area (Å²) in [7, 11) is 1.66. The first kappa shape index (κ1) is 11.3. The molecule has 0 amide bonds. The third kappa shape index (κ3) is 2.86. The monoisotopic (exact) mass is 198 g/mol. The third-order valence-electron chi connectivity index (χ3n) is 2.37. The van der Waals surface area contributed by atoms with Gasteiger partial charge in [-0.05, 0) is 31.4 Å². The molecule has 2 atom stereocenters. The summed E-state index contributed by atoms with van der Waals surface area (Å²) in [5.74, 6) is 1.63. The fraction of sp³-hybridized carbons (Fsp3) is 0.636. The molecule has 2 unspecified atom stereocenters. The molecule has 1 aromatic rings. The molecule has 0 aliphatic heterocycles. The average molecular weight is 198 g/mol. The van der Waals surface area contributed by atoms with Gasteiger partial charge in [-0.3, -0.25) is 0 Å². The van der Waals surface area contributed by atoms with Crippen LogP contribution in [0.4, 0.5) is 0 Å². The summed E-state index contributed by atoms with van der Waals surface area (Å²) >= 11 is 0. The van der Waals surface area contributed by atoms with Gasteiger partial charge in [0.05, 0.1) is 0 Å². The number of furan rings is 1. The van der Waals surface area contributed by atoms with Crippen LogP contribution in [0.1, 0.15) is 31.0 Å². The van der Waals surface area contributed by atoms with Crippen LogP contribution in [0.5, 0.6) is 0 Å². The number of methoxy groups -OCH3 is 1. The Labute approximate surface area is 84.7 Å². The van der Waals surface area contributed by atoms with E-state index >= 15 is 0 Å². The fourth-order valence-electron chi connectivity index (χ4n) is 1.35. The lowest BCUT2D eigenvalue weighted by Crippen LogP contribution is -2.10. The molecule has 0 bridgehead atoms. The summed E-state index contributed by atoms with van der Waals surface area (Å²) in [4.78, 5) is 0. The SMILES string of the molecule is COCCC(C)C(O)c1ccc(C)o1. The smallest absolute Gasteiger partial charge is 0.132 e. The summed E-state index contributed by atoms with van der Waals surface area (Å²) in [6, 6.07) is 3.69. The minimum Gasteiger partial charge on any atom is -0.464 e. The van der Waals surface area contributed by atoms with Crippen LogP contribution in [-0.4, -0.2) is 18.8 Å². The highest BCUT2D eigenvalue weighted by molar-refractivity contribution is 5.08. The average Bonchev–Trinajstić information content (AvgIpc) is 2.60. The van der Waals surface area contributed by atoms with Crippen molar-refractivity contribution in [2.45, 2.75) is 26.4 Å². The molecule has 1 aromatic heterocycles. The predicted octanol–water partition coefficient (Wildman–Crippen LogP) is 2.29. The maximum Gasteiger partial charge on any atom is 0.132 e. The zero-order chi connectivity index (χ0) is 10.6. The van der Waals surface area contributed by atoms with Gasteiger partial charge in [0.1, 0.15) is 17.6 Å². The third-order valence-corrected chi connectivity index (χ3v) is 2.37. The Hall–Kier alpha value is -0.800. The number of ether oxygens (including phenoxy) is 1. The van der Waals surface area contributed by atoms with Crippen molar-refractivity contribution in [2.24, 2.45) is 5.92 Å². The van der Waals surface area contributed by atoms with E-state index in [0.29, 0.717) is 12.4 Å². The van der Waals surface area contributed by atoms with E-state index in [1.807, 2.05) is 26.0 Å². The summed E-state index contributed by atoms with van der Waals surface area (Å²) in [6.45, 7) is 4.52. The van der Waals surface area contributed by atoms with Gasteiger partial charge in [-0.2, -0.15) is 0 Å². The number of aryl methyl sites for hydroxylation is 1. The van der Waals surface area contributed by atoms with Gasteiger partial charge in [0.25, 0.3) is 0 Å². The lowest BCUT2D eigenvalue weighted by molar-refractivity contribution is 0.0709. The molecule has 0 fully saturated rings. The number of hydrogen-bond acceptors (Lipinski definition) is 3. The largest absolute Gasteiger partial charge is 0.464 e. The number of aliphatic hydroxyl groups excluding tert-OH is 1.